The van der Waals surface area contributed by atoms with Crippen LogP contribution in [0.3, 0.4) is 0 Å². The van der Waals surface area contributed by atoms with Crippen LogP contribution in [0.25, 0.3) is 11.3 Å². The zero-order chi connectivity index (χ0) is 28.4. The molecular weight excluding hydrogens is 493 g/mol. The number of benzene rings is 1. The highest BCUT2D eigenvalue weighted by molar-refractivity contribution is 7.84. The highest BCUT2D eigenvalue weighted by Gasteiger charge is 2.35. The molecule has 0 aliphatic carbocycles. The number of amides is 1. The van der Waals surface area contributed by atoms with Crippen molar-refractivity contribution in [3.8, 4) is 11.3 Å². The lowest BCUT2D eigenvalue weighted by Gasteiger charge is -2.36. The van der Waals surface area contributed by atoms with E-state index in [1.807, 2.05) is 47.6 Å². The highest BCUT2D eigenvalue weighted by Crippen LogP contribution is 2.34. The molecule has 0 fully saturated rings. The van der Waals surface area contributed by atoms with E-state index in [-0.39, 0.29) is 18.4 Å². The van der Waals surface area contributed by atoms with Gasteiger partial charge >= 0.3 is 6.09 Å². The molecule has 0 radical (unpaired) electrons. The van der Waals surface area contributed by atoms with Gasteiger partial charge in [-0.25, -0.2) is 23.1 Å². The molecule has 2 aromatic rings. The molecule has 0 spiro atoms. The predicted molar refractivity (Wildman–Crippen MR) is 147 cm³/mol. The SMILES string of the molecule is CC(NS(=O)C(C)(C)C)C(C)(C)c1cc(-c2ccc(F)cc2)nc(C(C)(O)CNC(=O)OC(C)(C)C)c1. The Balaban J connectivity index is 2.51. The van der Waals surface area contributed by atoms with Crippen LogP contribution in [-0.2, 0) is 26.7 Å². The van der Waals surface area contributed by atoms with Gasteiger partial charge in [0.1, 0.15) is 17.0 Å². The van der Waals surface area contributed by atoms with Crippen LogP contribution < -0.4 is 10.0 Å². The quantitative estimate of drug-likeness (QED) is 0.424. The van der Waals surface area contributed by atoms with Crippen molar-refractivity contribution in [2.45, 2.75) is 96.6 Å². The van der Waals surface area contributed by atoms with E-state index in [1.165, 1.54) is 12.1 Å². The standard InChI is InChI=1S/C28H42FN3O4S/c1-18(32-37(35)26(5,6)7)27(8,9)20-15-22(19-11-13-21(29)14-12-19)31-23(16-20)28(10,34)17-30-24(33)36-25(2,3)4/h11-16,18,32,34H,17H2,1-10H3,(H,30,33). The Morgan fingerprint density at radius 3 is 2.14 bits per heavy atom. The number of rotatable bonds is 8. The van der Waals surface area contributed by atoms with Crippen LogP contribution in [0.1, 0.15) is 80.5 Å². The first-order valence-electron chi connectivity index (χ1n) is 12.4. The molecule has 1 heterocycles. The first-order valence-corrected chi connectivity index (χ1v) is 13.5. The summed E-state index contributed by atoms with van der Waals surface area (Å²) in [5.41, 5.74) is -0.371. The van der Waals surface area contributed by atoms with Crippen molar-refractivity contribution in [2.75, 3.05) is 6.54 Å². The summed E-state index contributed by atoms with van der Waals surface area (Å²) < 4.78 is 34.5. The van der Waals surface area contributed by atoms with E-state index in [9.17, 15) is 18.5 Å². The van der Waals surface area contributed by atoms with Gasteiger partial charge in [-0.1, -0.05) is 13.8 Å². The van der Waals surface area contributed by atoms with E-state index in [4.69, 9.17) is 4.74 Å². The van der Waals surface area contributed by atoms with E-state index < -0.39 is 38.4 Å². The minimum atomic E-state index is -1.54. The van der Waals surface area contributed by atoms with Gasteiger partial charge in [0, 0.05) is 17.0 Å². The number of ether oxygens (including phenoxy) is 1. The number of nitrogens with zero attached hydrogens (tertiary/aromatic N) is 1. The fourth-order valence-corrected chi connectivity index (χ4v) is 4.30. The molecule has 37 heavy (non-hydrogen) atoms. The summed E-state index contributed by atoms with van der Waals surface area (Å²) in [5.74, 6) is -0.364. The Bertz CT molecular complexity index is 1120. The maximum atomic E-state index is 13.6. The van der Waals surface area contributed by atoms with Gasteiger partial charge in [-0.3, -0.25) is 0 Å². The minimum Gasteiger partial charge on any atom is -0.444 e. The summed E-state index contributed by atoms with van der Waals surface area (Å²) in [6.07, 6.45) is -0.648. The average molecular weight is 536 g/mol. The van der Waals surface area contributed by atoms with Gasteiger partial charge in [-0.15, -0.1) is 0 Å². The summed E-state index contributed by atoms with van der Waals surface area (Å²) in [5, 5.41) is 14.0. The van der Waals surface area contributed by atoms with Gasteiger partial charge in [0.25, 0.3) is 0 Å². The molecule has 1 aromatic carbocycles. The highest BCUT2D eigenvalue weighted by atomic mass is 32.2. The third-order valence-corrected chi connectivity index (χ3v) is 7.84. The average Bonchev–Trinajstić information content (AvgIpc) is 2.76. The van der Waals surface area contributed by atoms with E-state index in [0.29, 0.717) is 17.0 Å². The minimum absolute atomic E-state index is 0.135. The number of hydrogen-bond acceptors (Lipinski definition) is 5. The van der Waals surface area contributed by atoms with Gasteiger partial charge in [0.05, 0.1) is 33.7 Å². The second kappa shape index (κ2) is 11.2. The summed E-state index contributed by atoms with van der Waals surface area (Å²) >= 11 is 0. The molecule has 7 nitrogen and oxygen atoms in total. The number of pyridine rings is 1. The van der Waals surface area contributed by atoms with E-state index in [1.54, 1.807) is 45.9 Å². The third-order valence-electron chi connectivity index (χ3n) is 6.16. The van der Waals surface area contributed by atoms with Crippen LogP contribution >= 0.6 is 0 Å². The Morgan fingerprint density at radius 2 is 1.62 bits per heavy atom. The Hall–Kier alpha value is -2.36. The van der Waals surface area contributed by atoms with Gasteiger partial charge in [0.15, 0.2) is 0 Å². The molecule has 206 valence electrons. The Morgan fingerprint density at radius 1 is 1.05 bits per heavy atom. The van der Waals surface area contributed by atoms with Gasteiger partial charge in [-0.2, -0.15) is 0 Å². The van der Waals surface area contributed by atoms with Crippen molar-refractivity contribution in [1.82, 2.24) is 15.0 Å². The number of halogens is 1. The molecule has 9 heteroatoms. The number of hydrogen-bond donors (Lipinski definition) is 3. The number of aromatic nitrogens is 1. The van der Waals surface area contributed by atoms with Crippen molar-refractivity contribution in [2.24, 2.45) is 0 Å². The second-order valence-corrected chi connectivity index (χ2v) is 14.2. The van der Waals surface area contributed by atoms with Gasteiger partial charge in [-0.05, 0) is 97.4 Å². The summed E-state index contributed by atoms with van der Waals surface area (Å²) in [4.78, 5) is 16.9. The smallest absolute Gasteiger partial charge is 0.407 e. The van der Waals surface area contributed by atoms with Crippen molar-refractivity contribution < 1.29 is 23.2 Å². The normalized spacial score (nSPS) is 16.0. The maximum absolute atomic E-state index is 13.6. The lowest BCUT2D eigenvalue weighted by Crippen LogP contribution is -2.47. The van der Waals surface area contributed by atoms with E-state index in [2.05, 4.69) is 15.0 Å². The number of alkyl carbamates (subject to hydrolysis) is 1. The first-order chi connectivity index (χ1) is 16.7. The van der Waals surface area contributed by atoms with Crippen LogP contribution in [0.15, 0.2) is 36.4 Å². The lowest BCUT2D eigenvalue weighted by molar-refractivity contribution is 0.0297. The monoisotopic (exact) mass is 535 g/mol. The molecule has 2 rings (SSSR count). The van der Waals surface area contributed by atoms with Crippen molar-refractivity contribution in [1.29, 1.82) is 0 Å². The maximum Gasteiger partial charge on any atom is 0.407 e. The first kappa shape index (κ1) is 30.9. The molecule has 3 N–H and O–H groups in total. The van der Waals surface area contributed by atoms with Crippen LogP contribution in [0.4, 0.5) is 9.18 Å². The Kier molecular flexibility index (Phi) is 9.32. The topological polar surface area (TPSA) is 101 Å². The van der Waals surface area contributed by atoms with Crippen molar-refractivity contribution in [3.63, 3.8) is 0 Å². The predicted octanol–water partition coefficient (Wildman–Crippen LogP) is 5.34. The lowest BCUT2D eigenvalue weighted by atomic mass is 9.77. The second-order valence-electron chi connectivity index (χ2n) is 12.2. The molecule has 0 saturated carbocycles. The zero-order valence-corrected chi connectivity index (χ0v) is 24.5. The number of nitrogens with one attached hydrogen (secondary N) is 2. The zero-order valence-electron chi connectivity index (χ0n) is 23.7. The molecule has 1 amide bonds. The number of aliphatic hydroxyl groups is 1. The summed E-state index contributed by atoms with van der Waals surface area (Å²) in [6.45, 7) is 18.4. The van der Waals surface area contributed by atoms with Crippen molar-refractivity contribution in [3.05, 3.63) is 53.5 Å². The van der Waals surface area contributed by atoms with Crippen LogP contribution in [0.5, 0.6) is 0 Å². The van der Waals surface area contributed by atoms with Crippen molar-refractivity contribution >= 4 is 17.1 Å². The summed E-state index contributed by atoms with van der Waals surface area (Å²) in [6, 6.07) is 9.44. The fourth-order valence-electron chi connectivity index (χ4n) is 3.33. The van der Waals surface area contributed by atoms with Gasteiger partial charge in [0.2, 0.25) is 0 Å². The molecule has 0 bridgehead atoms. The third kappa shape index (κ3) is 8.58. The molecular formula is C28H42FN3O4S. The van der Waals surface area contributed by atoms with Crippen LogP contribution in [-0.4, -0.2) is 43.3 Å². The molecule has 0 aliphatic heterocycles. The number of carbonyl (C=O) groups excluding carboxylic acids is 1. The van der Waals surface area contributed by atoms with E-state index >= 15 is 0 Å². The molecule has 0 aliphatic rings. The molecule has 0 saturated heterocycles. The largest absolute Gasteiger partial charge is 0.444 e. The van der Waals surface area contributed by atoms with Gasteiger partial charge < -0.3 is 15.2 Å². The molecule has 3 atom stereocenters. The Labute approximate surface area is 223 Å². The summed E-state index contributed by atoms with van der Waals surface area (Å²) in [7, 11) is -1.29. The molecule has 1 aromatic heterocycles. The fraction of sp³-hybridized carbons (Fsp3) is 0.571. The number of carbonyl (C=O) groups is 1. The molecule has 3 unspecified atom stereocenters. The van der Waals surface area contributed by atoms with E-state index in [0.717, 1.165) is 5.56 Å². The van der Waals surface area contributed by atoms with Crippen LogP contribution in [0, 0.1) is 5.82 Å². The van der Waals surface area contributed by atoms with Crippen LogP contribution in [0.2, 0.25) is 0 Å².